The van der Waals surface area contributed by atoms with Gasteiger partial charge < -0.3 is 4.98 Å². The molecule has 0 amide bonds. The van der Waals surface area contributed by atoms with Gasteiger partial charge >= 0.3 is 0 Å². The number of anilines is 1. The van der Waals surface area contributed by atoms with Crippen molar-refractivity contribution in [1.29, 1.82) is 0 Å². The summed E-state index contributed by atoms with van der Waals surface area (Å²) in [6.45, 7) is 4.91. The lowest BCUT2D eigenvalue weighted by Gasteiger charge is -2.18. The Kier molecular flexibility index (Phi) is 6.73. The van der Waals surface area contributed by atoms with Gasteiger partial charge in [0.15, 0.2) is 0 Å². The van der Waals surface area contributed by atoms with Crippen molar-refractivity contribution < 1.29 is 8.42 Å². The van der Waals surface area contributed by atoms with Gasteiger partial charge in [0.1, 0.15) is 0 Å². The van der Waals surface area contributed by atoms with Crippen LogP contribution in [0.2, 0.25) is 0 Å². The minimum absolute atomic E-state index is 0.299. The molecule has 0 saturated carbocycles. The van der Waals surface area contributed by atoms with E-state index in [-0.39, 0.29) is 0 Å². The summed E-state index contributed by atoms with van der Waals surface area (Å²) in [5.41, 5.74) is 5.40. The largest absolute Gasteiger partial charge is 0.347 e. The monoisotopic (exact) mass is 438 g/mol. The number of benzene rings is 2. The Bertz CT molecular complexity index is 1090. The van der Waals surface area contributed by atoms with Crippen LogP contribution >= 0.6 is 0 Å². The molecule has 1 aromatic heterocycles. The van der Waals surface area contributed by atoms with Crippen molar-refractivity contribution in [1.82, 2.24) is 14.9 Å². The number of nitrogens with zero attached hydrogens (tertiary/aromatic N) is 2. The molecule has 2 heterocycles. The molecule has 0 saturated heterocycles. The molecule has 0 spiro atoms. The zero-order valence-electron chi connectivity index (χ0n) is 18.0. The smallest absolute Gasteiger partial charge is 0.261 e. The Labute approximate surface area is 184 Å². The lowest BCUT2D eigenvalue weighted by Crippen LogP contribution is -2.26. The summed E-state index contributed by atoms with van der Waals surface area (Å²) in [4.78, 5) is 9.95. The minimum Gasteiger partial charge on any atom is -0.347 e. The van der Waals surface area contributed by atoms with Crippen molar-refractivity contribution in [3.8, 4) is 0 Å². The number of aromatic nitrogens is 2. The predicted octanol–water partition coefficient (Wildman–Crippen LogP) is 4.15. The molecule has 0 unspecified atom stereocenters. The Balaban J connectivity index is 1.43. The average molecular weight is 439 g/mol. The van der Waals surface area contributed by atoms with E-state index in [1.54, 1.807) is 18.5 Å². The van der Waals surface area contributed by atoms with Crippen molar-refractivity contribution in [3.63, 3.8) is 0 Å². The van der Waals surface area contributed by atoms with E-state index in [4.69, 9.17) is 0 Å². The summed E-state index contributed by atoms with van der Waals surface area (Å²) in [5, 5.41) is 0. The summed E-state index contributed by atoms with van der Waals surface area (Å²) in [6, 6.07) is 13.1. The first-order valence-electron chi connectivity index (χ1n) is 11.0. The third-order valence-electron chi connectivity index (χ3n) is 5.85. The van der Waals surface area contributed by atoms with E-state index in [0.717, 1.165) is 57.4 Å². The van der Waals surface area contributed by atoms with Crippen LogP contribution in [0.5, 0.6) is 0 Å². The maximum Gasteiger partial charge on any atom is 0.261 e. The fourth-order valence-corrected chi connectivity index (χ4v) is 5.08. The number of unbranched alkanes of at least 4 members (excludes halogenated alkanes) is 1. The number of imidazole rings is 1. The van der Waals surface area contributed by atoms with Gasteiger partial charge in [-0.1, -0.05) is 31.5 Å². The van der Waals surface area contributed by atoms with E-state index in [9.17, 15) is 8.42 Å². The van der Waals surface area contributed by atoms with Crippen LogP contribution in [0.1, 0.15) is 42.1 Å². The zero-order chi connectivity index (χ0) is 21.7. The molecule has 164 valence electrons. The Morgan fingerprint density at radius 2 is 1.84 bits per heavy atom. The third kappa shape index (κ3) is 5.54. The van der Waals surface area contributed by atoms with Crippen LogP contribution in [0.3, 0.4) is 0 Å². The summed E-state index contributed by atoms with van der Waals surface area (Å²) in [6.07, 6.45) is 8.63. The van der Waals surface area contributed by atoms with Gasteiger partial charge in [-0.25, -0.2) is 13.4 Å². The second-order valence-electron chi connectivity index (χ2n) is 8.19. The van der Waals surface area contributed by atoms with E-state index in [2.05, 4.69) is 32.6 Å². The van der Waals surface area contributed by atoms with E-state index in [0.29, 0.717) is 10.6 Å². The summed E-state index contributed by atoms with van der Waals surface area (Å²) < 4.78 is 28.5. The standard InChI is InChI=1S/C24H30N4O2S/c1-2-3-4-19-5-9-24(10-6-19)31(29,30)27-22-8-7-20-11-13-28(14-12-21(20)15-22)17-23-16-25-18-26-23/h5-10,15-16,18,27H,2-4,11-14,17H2,1H3,(H,25,26). The van der Waals surface area contributed by atoms with Crippen LogP contribution in [0, 0.1) is 0 Å². The summed E-state index contributed by atoms with van der Waals surface area (Å²) in [5.74, 6) is 0. The molecule has 3 aromatic rings. The molecule has 2 aromatic carbocycles. The van der Waals surface area contributed by atoms with E-state index in [1.165, 1.54) is 16.7 Å². The van der Waals surface area contributed by atoms with Gasteiger partial charge in [0.2, 0.25) is 0 Å². The van der Waals surface area contributed by atoms with Gasteiger partial charge in [0.25, 0.3) is 10.0 Å². The number of aryl methyl sites for hydroxylation is 1. The van der Waals surface area contributed by atoms with Crippen molar-refractivity contribution in [2.75, 3.05) is 17.8 Å². The quantitative estimate of drug-likeness (QED) is 0.554. The van der Waals surface area contributed by atoms with Crippen molar-refractivity contribution in [2.24, 2.45) is 0 Å². The number of nitrogens with one attached hydrogen (secondary N) is 2. The number of rotatable bonds is 8. The van der Waals surface area contributed by atoms with Crippen LogP contribution < -0.4 is 4.72 Å². The lowest BCUT2D eigenvalue weighted by atomic mass is 10.0. The van der Waals surface area contributed by atoms with Gasteiger partial charge in [-0.2, -0.15) is 0 Å². The highest BCUT2D eigenvalue weighted by Crippen LogP contribution is 2.23. The van der Waals surface area contributed by atoms with E-state index in [1.807, 2.05) is 30.5 Å². The molecule has 31 heavy (non-hydrogen) atoms. The van der Waals surface area contributed by atoms with E-state index >= 15 is 0 Å². The van der Waals surface area contributed by atoms with Crippen LogP contribution in [-0.2, 0) is 35.8 Å². The number of fused-ring (bicyclic) bond motifs is 1. The highest BCUT2D eigenvalue weighted by atomic mass is 32.2. The first-order valence-corrected chi connectivity index (χ1v) is 12.4. The molecule has 7 heteroatoms. The molecule has 0 fully saturated rings. The first kappa shape index (κ1) is 21.6. The normalized spacial score (nSPS) is 14.7. The van der Waals surface area contributed by atoms with Crippen molar-refractivity contribution in [3.05, 3.63) is 77.4 Å². The fraction of sp³-hybridized carbons (Fsp3) is 0.375. The van der Waals surface area contributed by atoms with Crippen LogP contribution in [0.25, 0.3) is 0 Å². The number of sulfonamides is 1. The SMILES string of the molecule is CCCCc1ccc(S(=O)(=O)Nc2ccc3c(c2)CCN(Cc2cnc[nH]2)CC3)cc1. The van der Waals surface area contributed by atoms with Crippen molar-refractivity contribution in [2.45, 2.75) is 50.5 Å². The summed E-state index contributed by atoms with van der Waals surface area (Å²) >= 11 is 0. The topological polar surface area (TPSA) is 78.1 Å². The van der Waals surface area contributed by atoms with Crippen LogP contribution in [-0.4, -0.2) is 36.4 Å². The lowest BCUT2D eigenvalue weighted by molar-refractivity contribution is 0.276. The van der Waals surface area contributed by atoms with Gasteiger partial charge in [-0.3, -0.25) is 9.62 Å². The first-order chi connectivity index (χ1) is 15.0. The van der Waals surface area contributed by atoms with Gasteiger partial charge in [-0.05, 0) is 66.6 Å². The second-order valence-corrected chi connectivity index (χ2v) is 9.87. The maximum atomic E-state index is 12.9. The van der Waals surface area contributed by atoms with Gasteiger partial charge in [-0.15, -0.1) is 0 Å². The molecule has 0 radical (unpaired) electrons. The fourth-order valence-electron chi connectivity index (χ4n) is 4.04. The molecule has 1 aliphatic rings. The van der Waals surface area contributed by atoms with E-state index < -0.39 is 10.0 Å². The highest BCUT2D eigenvalue weighted by molar-refractivity contribution is 7.92. The number of aromatic amines is 1. The zero-order valence-corrected chi connectivity index (χ0v) is 18.8. The molecule has 4 rings (SSSR count). The molecular weight excluding hydrogens is 408 g/mol. The van der Waals surface area contributed by atoms with Gasteiger partial charge in [0.05, 0.1) is 11.2 Å². The Morgan fingerprint density at radius 3 is 2.55 bits per heavy atom. The maximum absolute atomic E-state index is 12.9. The second kappa shape index (κ2) is 9.66. The third-order valence-corrected chi connectivity index (χ3v) is 7.25. The van der Waals surface area contributed by atoms with Gasteiger partial charge in [0, 0.05) is 37.2 Å². The number of hydrogen-bond acceptors (Lipinski definition) is 4. The molecule has 6 nitrogen and oxygen atoms in total. The molecule has 0 atom stereocenters. The molecule has 1 aliphatic heterocycles. The van der Waals surface area contributed by atoms with Crippen molar-refractivity contribution >= 4 is 15.7 Å². The average Bonchev–Trinajstić information content (AvgIpc) is 3.20. The molecule has 2 N–H and O–H groups in total. The molecule has 0 aliphatic carbocycles. The Hall–Kier alpha value is -2.64. The van der Waals surface area contributed by atoms with Crippen LogP contribution in [0.15, 0.2) is 59.9 Å². The highest BCUT2D eigenvalue weighted by Gasteiger charge is 2.18. The molecular formula is C24H30N4O2S. The summed E-state index contributed by atoms with van der Waals surface area (Å²) in [7, 11) is -3.60. The molecule has 0 bridgehead atoms. The minimum atomic E-state index is -3.60. The number of hydrogen-bond donors (Lipinski definition) is 2. The number of H-pyrrole nitrogens is 1. The Morgan fingerprint density at radius 1 is 1.06 bits per heavy atom. The van der Waals surface area contributed by atoms with Crippen LogP contribution in [0.4, 0.5) is 5.69 Å². The predicted molar refractivity (Wildman–Crippen MR) is 124 cm³/mol.